The molecule has 1 aliphatic heterocycles. The Kier molecular flexibility index (Phi) is 3.17. The van der Waals surface area contributed by atoms with Gasteiger partial charge in [-0.3, -0.25) is 0 Å². The summed E-state index contributed by atoms with van der Waals surface area (Å²) < 4.78 is 5.39. The molecule has 3 heterocycles. The van der Waals surface area contributed by atoms with Gasteiger partial charge in [-0.1, -0.05) is 5.16 Å². The van der Waals surface area contributed by atoms with Gasteiger partial charge < -0.3 is 9.84 Å². The monoisotopic (exact) mass is 267 g/mol. The van der Waals surface area contributed by atoms with E-state index in [9.17, 15) is 0 Å². The van der Waals surface area contributed by atoms with Gasteiger partial charge in [-0.2, -0.15) is 28.1 Å². The van der Waals surface area contributed by atoms with Gasteiger partial charge in [0.2, 0.25) is 11.7 Å². The fourth-order valence-electron chi connectivity index (χ4n) is 1.98. The van der Waals surface area contributed by atoms with Gasteiger partial charge >= 0.3 is 0 Å². The number of rotatable bonds is 3. The molecule has 2 aromatic rings. The van der Waals surface area contributed by atoms with Crippen molar-refractivity contribution >= 4 is 23.1 Å². The summed E-state index contributed by atoms with van der Waals surface area (Å²) in [5.74, 6) is 3.96. The standard InChI is InChI=1S/C11H13N3OS2/c1-12-9-6-17-5-8(9)11-13-10(14-15-11)7-2-3-16-4-7/h2-4,8-9,12H,5-6H2,1H3. The van der Waals surface area contributed by atoms with E-state index in [1.165, 1.54) is 0 Å². The maximum Gasteiger partial charge on any atom is 0.232 e. The van der Waals surface area contributed by atoms with Crippen LogP contribution >= 0.6 is 23.1 Å². The first-order chi connectivity index (χ1) is 8.38. The molecule has 1 N–H and O–H groups in total. The van der Waals surface area contributed by atoms with Gasteiger partial charge in [-0.15, -0.1) is 0 Å². The van der Waals surface area contributed by atoms with Gasteiger partial charge in [0.25, 0.3) is 0 Å². The summed E-state index contributed by atoms with van der Waals surface area (Å²) in [6, 6.07) is 2.45. The Morgan fingerprint density at radius 3 is 3.18 bits per heavy atom. The molecule has 2 atom stereocenters. The van der Waals surface area contributed by atoms with Crippen LogP contribution in [0.4, 0.5) is 0 Å². The van der Waals surface area contributed by atoms with Gasteiger partial charge in [-0.05, 0) is 18.5 Å². The third-order valence-electron chi connectivity index (χ3n) is 2.99. The van der Waals surface area contributed by atoms with Crippen LogP contribution < -0.4 is 5.32 Å². The SMILES string of the molecule is CNC1CSCC1c1nc(-c2ccsc2)no1. The van der Waals surface area contributed by atoms with E-state index in [0.717, 1.165) is 23.0 Å². The van der Waals surface area contributed by atoms with Crippen molar-refractivity contribution in [1.29, 1.82) is 0 Å². The molecule has 4 nitrogen and oxygen atoms in total. The minimum atomic E-state index is 0.338. The van der Waals surface area contributed by atoms with Crippen molar-refractivity contribution in [2.24, 2.45) is 0 Å². The summed E-state index contributed by atoms with van der Waals surface area (Å²) in [6.45, 7) is 0. The lowest BCUT2D eigenvalue weighted by molar-refractivity contribution is 0.344. The molecule has 0 aliphatic carbocycles. The van der Waals surface area contributed by atoms with E-state index in [1.54, 1.807) is 11.3 Å². The average molecular weight is 267 g/mol. The summed E-state index contributed by atoms with van der Waals surface area (Å²) in [7, 11) is 1.99. The molecular formula is C11H13N3OS2. The normalized spacial score (nSPS) is 24.3. The van der Waals surface area contributed by atoms with Crippen molar-refractivity contribution in [2.75, 3.05) is 18.6 Å². The Hall–Kier alpha value is -0.850. The van der Waals surface area contributed by atoms with Crippen LogP contribution in [0.2, 0.25) is 0 Å². The quantitative estimate of drug-likeness (QED) is 0.924. The summed E-state index contributed by atoms with van der Waals surface area (Å²) >= 11 is 3.57. The lowest BCUT2D eigenvalue weighted by Gasteiger charge is -2.13. The molecule has 2 unspecified atom stereocenters. The Balaban J connectivity index is 1.85. The second-order valence-corrected chi connectivity index (χ2v) is 5.86. The second-order valence-electron chi connectivity index (χ2n) is 4.01. The lowest BCUT2D eigenvalue weighted by atomic mass is 10.0. The average Bonchev–Trinajstić information content (AvgIpc) is 3.09. The zero-order valence-corrected chi connectivity index (χ0v) is 11.1. The minimum absolute atomic E-state index is 0.338. The molecule has 17 heavy (non-hydrogen) atoms. The highest BCUT2D eigenvalue weighted by Gasteiger charge is 2.32. The summed E-state index contributed by atoms with van der Waals surface area (Å²) in [5.41, 5.74) is 1.04. The van der Waals surface area contributed by atoms with E-state index in [-0.39, 0.29) is 0 Å². The Morgan fingerprint density at radius 2 is 2.41 bits per heavy atom. The van der Waals surface area contributed by atoms with Crippen molar-refractivity contribution in [2.45, 2.75) is 12.0 Å². The Bertz CT molecular complexity index is 483. The third-order valence-corrected chi connectivity index (χ3v) is 4.86. The Morgan fingerprint density at radius 1 is 1.47 bits per heavy atom. The zero-order valence-electron chi connectivity index (χ0n) is 9.42. The molecule has 0 amide bonds. The first-order valence-electron chi connectivity index (χ1n) is 5.49. The Labute approximate surface area is 108 Å². The molecule has 0 bridgehead atoms. The molecule has 3 rings (SSSR count). The highest BCUT2D eigenvalue weighted by atomic mass is 32.2. The van der Waals surface area contributed by atoms with Crippen LogP contribution in [0, 0.1) is 0 Å². The maximum absolute atomic E-state index is 5.39. The van der Waals surface area contributed by atoms with Crippen LogP contribution in [0.25, 0.3) is 11.4 Å². The maximum atomic E-state index is 5.39. The number of likely N-dealkylation sites (N-methyl/N-ethyl adjacent to an activating group) is 1. The highest BCUT2D eigenvalue weighted by molar-refractivity contribution is 7.99. The molecule has 0 radical (unpaired) electrons. The van der Waals surface area contributed by atoms with E-state index in [0.29, 0.717) is 17.8 Å². The molecule has 6 heteroatoms. The number of nitrogens with zero attached hydrogens (tertiary/aromatic N) is 2. The number of hydrogen-bond donors (Lipinski definition) is 1. The van der Waals surface area contributed by atoms with Crippen LogP contribution in [-0.4, -0.2) is 34.7 Å². The molecule has 2 aromatic heterocycles. The number of aromatic nitrogens is 2. The first kappa shape index (κ1) is 11.3. The van der Waals surface area contributed by atoms with Crippen LogP contribution in [0.3, 0.4) is 0 Å². The number of hydrogen-bond acceptors (Lipinski definition) is 6. The zero-order chi connectivity index (χ0) is 11.7. The van der Waals surface area contributed by atoms with Gasteiger partial charge in [0.05, 0.1) is 5.92 Å². The molecule has 0 saturated carbocycles. The van der Waals surface area contributed by atoms with Gasteiger partial charge in [0.1, 0.15) is 0 Å². The summed E-state index contributed by atoms with van der Waals surface area (Å²) in [6.07, 6.45) is 0. The van der Waals surface area contributed by atoms with Crippen molar-refractivity contribution in [3.05, 3.63) is 22.7 Å². The topological polar surface area (TPSA) is 51.0 Å². The predicted octanol–water partition coefficient (Wildman–Crippen LogP) is 2.22. The van der Waals surface area contributed by atoms with Crippen molar-refractivity contribution < 1.29 is 4.52 Å². The fourth-order valence-corrected chi connectivity index (χ4v) is 4.03. The van der Waals surface area contributed by atoms with Crippen LogP contribution in [0.1, 0.15) is 11.8 Å². The highest BCUT2D eigenvalue weighted by Crippen LogP contribution is 2.32. The minimum Gasteiger partial charge on any atom is -0.339 e. The number of nitrogens with one attached hydrogen (secondary N) is 1. The van der Waals surface area contributed by atoms with Crippen molar-refractivity contribution in [1.82, 2.24) is 15.5 Å². The largest absolute Gasteiger partial charge is 0.339 e. The van der Waals surface area contributed by atoms with E-state index >= 15 is 0 Å². The van der Waals surface area contributed by atoms with Gasteiger partial charge in [-0.25, -0.2) is 0 Å². The molecule has 1 fully saturated rings. The van der Waals surface area contributed by atoms with Gasteiger partial charge in [0.15, 0.2) is 0 Å². The second kappa shape index (κ2) is 4.80. The molecular weight excluding hydrogens is 254 g/mol. The summed E-state index contributed by atoms with van der Waals surface area (Å²) in [5, 5.41) is 11.4. The third kappa shape index (κ3) is 2.12. The molecule has 0 spiro atoms. The van der Waals surface area contributed by atoms with Gasteiger partial charge in [0, 0.05) is 28.5 Å². The summed E-state index contributed by atoms with van der Waals surface area (Å²) in [4.78, 5) is 4.51. The van der Waals surface area contributed by atoms with E-state index in [1.807, 2.05) is 35.6 Å². The van der Waals surface area contributed by atoms with Crippen LogP contribution in [-0.2, 0) is 0 Å². The van der Waals surface area contributed by atoms with Crippen LogP contribution in [0.15, 0.2) is 21.3 Å². The lowest BCUT2D eigenvalue weighted by Crippen LogP contribution is -2.30. The fraction of sp³-hybridized carbons (Fsp3) is 0.455. The molecule has 90 valence electrons. The van der Waals surface area contributed by atoms with Crippen LogP contribution in [0.5, 0.6) is 0 Å². The smallest absolute Gasteiger partial charge is 0.232 e. The van der Waals surface area contributed by atoms with Crippen molar-refractivity contribution in [3.63, 3.8) is 0 Å². The predicted molar refractivity (Wildman–Crippen MR) is 70.5 cm³/mol. The molecule has 1 saturated heterocycles. The van der Waals surface area contributed by atoms with E-state index in [2.05, 4.69) is 15.5 Å². The molecule has 1 aliphatic rings. The van der Waals surface area contributed by atoms with Crippen molar-refractivity contribution in [3.8, 4) is 11.4 Å². The first-order valence-corrected chi connectivity index (χ1v) is 7.59. The molecule has 0 aromatic carbocycles. The number of thiophene rings is 1. The van der Waals surface area contributed by atoms with E-state index in [4.69, 9.17) is 4.52 Å². The number of thioether (sulfide) groups is 1. The van der Waals surface area contributed by atoms with E-state index < -0.39 is 0 Å².